The second-order valence-electron chi connectivity index (χ2n) is 5.11. The molecule has 4 heteroatoms. The second kappa shape index (κ2) is 4.92. The average Bonchev–Trinajstić information content (AvgIpc) is 3.26. The Labute approximate surface area is 116 Å². The molecular weight excluding hydrogens is 290 g/mol. The van der Waals surface area contributed by atoms with Gasteiger partial charge in [-0.05, 0) is 30.9 Å². The summed E-state index contributed by atoms with van der Waals surface area (Å²) < 4.78 is 1.21. The normalized spacial score (nSPS) is 26.9. The maximum atomic E-state index is 4.28. The zero-order valence-corrected chi connectivity index (χ0v) is 12.1. The van der Waals surface area contributed by atoms with Crippen LogP contribution in [0.25, 0.3) is 0 Å². The number of halogens is 1. The standard InChI is InChI=1S/C14H18BrN3/c1-16-14(17-9-6-7-9)18-13-8-11(13)10-4-2-3-5-12(10)15/h2-5,9,11,13H,6-8H2,1H3,(H2,16,17,18)/t11-,13+/m0/s1. The fraction of sp³-hybridized carbons (Fsp3) is 0.500. The van der Waals surface area contributed by atoms with Gasteiger partial charge >= 0.3 is 0 Å². The van der Waals surface area contributed by atoms with E-state index in [1.54, 1.807) is 0 Å². The highest BCUT2D eigenvalue weighted by Gasteiger charge is 2.40. The summed E-state index contributed by atoms with van der Waals surface area (Å²) in [7, 11) is 1.84. The molecule has 18 heavy (non-hydrogen) atoms. The zero-order chi connectivity index (χ0) is 12.5. The number of hydrogen-bond acceptors (Lipinski definition) is 1. The third-order valence-electron chi connectivity index (χ3n) is 3.56. The minimum atomic E-state index is 0.522. The van der Waals surface area contributed by atoms with Gasteiger partial charge in [0.15, 0.2) is 5.96 Å². The topological polar surface area (TPSA) is 36.4 Å². The summed E-state index contributed by atoms with van der Waals surface area (Å²) >= 11 is 3.62. The van der Waals surface area contributed by atoms with Crippen LogP contribution in [0.2, 0.25) is 0 Å². The van der Waals surface area contributed by atoms with Crippen LogP contribution in [0.3, 0.4) is 0 Å². The van der Waals surface area contributed by atoms with Crippen LogP contribution in [-0.4, -0.2) is 25.1 Å². The highest BCUT2D eigenvalue weighted by atomic mass is 79.9. The molecule has 2 saturated carbocycles. The van der Waals surface area contributed by atoms with E-state index in [2.05, 4.69) is 55.8 Å². The molecule has 2 aliphatic rings. The van der Waals surface area contributed by atoms with Gasteiger partial charge in [0, 0.05) is 29.5 Å². The van der Waals surface area contributed by atoms with Crippen molar-refractivity contribution in [3.05, 3.63) is 34.3 Å². The van der Waals surface area contributed by atoms with Gasteiger partial charge in [-0.25, -0.2) is 0 Å². The third-order valence-corrected chi connectivity index (χ3v) is 4.28. The lowest BCUT2D eigenvalue weighted by molar-refractivity contribution is 0.786. The van der Waals surface area contributed by atoms with E-state index in [1.165, 1.54) is 29.3 Å². The molecule has 2 N–H and O–H groups in total. The minimum Gasteiger partial charge on any atom is -0.354 e. The minimum absolute atomic E-state index is 0.522. The Morgan fingerprint density at radius 2 is 2.06 bits per heavy atom. The number of benzene rings is 1. The number of nitrogens with zero attached hydrogens (tertiary/aromatic N) is 1. The van der Waals surface area contributed by atoms with Crippen molar-refractivity contribution >= 4 is 21.9 Å². The third kappa shape index (κ3) is 2.69. The first kappa shape index (κ1) is 12.0. The lowest BCUT2D eigenvalue weighted by Crippen LogP contribution is -2.40. The molecule has 3 nitrogen and oxygen atoms in total. The van der Waals surface area contributed by atoms with Gasteiger partial charge < -0.3 is 10.6 Å². The van der Waals surface area contributed by atoms with E-state index in [0.29, 0.717) is 18.0 Å². The van der Waals surface area contributed by atoms with Crippen molar-refractivity contribution in [3.63, 3.8) is 0 Å². The van der Waals surface area contributed by atoms with Crippen LogP contribution in [0.4, 0.5) is 0 Å². The highest BCUT2D eigenvalue weighted by molar-refractivity contribution is 9.10. The summed E-state index contributed by atoms with van der Waals surface area (Å²) in [5, 5.41) is 6.93. The number of guanidine groups is 1. The molecule has 0 aromatic heterocycles. The number of hydrogen-bond donors (Lipinski definition) is 2. The van der Waals surface area contributed by atoms with Crippen molar-refractivity contribution in [1.82, 2.24) is 10.6 Å². The van der Waals surface area contributed by atoms with E-state index in [-0.39, 0.29) is 0 Å². The van der Waals surface area contributed by atoms with Gasteiger partial charge in [0.1, 0.15) is 0 Å². The Morgan fingerprint density at radius 3 is 2.72 bits per heavy atom. The Balaban J connectivity index is 1.59. The molecule has 0 spiro atoms. The van der Waals surface area contributed by atoms with Gasteiger partial charge in [0.2, 0.25) is 0 Å². The van der Waals surface area contributed by atoms with E-state index >= 15 is 0 Å². The summed E-state index contributed by atoms with van der Waals surface area (Å²) in [4.78, 5) is 4.28. The molecule has 96 valence electrons. The molecule has 2 atom stereocenters. The van der Waals surface area contributed by atoms with Gasteiger partial charge in [-0.3, -0.25) is 4.99 Å². The molecule has 1 aromatic rings. The van der Waals surface area contributed by atoms with E-state index in [1.807, 2.05) is 7.05 Å². The van der Waals surface area contributed by atoms with Crippen molar-refractivity contribution in [3.8, 4) is 0 Å². The zero-order valence-electron chi connectivity index (χ0n) is 10.5. The van der Waals surface area contributed by atoms with E-state index in [0.717, 1.165) is 5.96 Å². The first-order valence-electron chi connectivity index (χ1n) is 6.52. The summed E-state index contributed by atoms with van der Waals surface area (Å²) in [5.41, 5.74) is 1.40. The monoisotopic (exact) mass is 307 g/mol. The molecule has 0 radical (unpaired) electrons. The van der Waals surface area contributed by atoms with Crippen molar-refractivity contribution in [2.75, 3.05) is 7.05 Å². The maximum absolute atomic E-state index is 4.28. The van der Waals surface area contributed by atoms with Crippen LogP contribution < -0.4 is 10.6 Å². The van der Waals surface area contributed by atoms with Gasteiger partial charge in [0.05, 0.1) is 0 Å². The van der Waals surface area contributed by atoms with Crippen molar-refractivity contribution in [2.24, 2.45) is 4.99 Å². The van der Waals surface area contributed by atoms with Crippen LogP contribution in [-0.2, 0) is 0 Å². The van der Waals surface area contributed by atoms with E-state index in [4.69, 9.17) is 0 Å². The molecule has 0 saturated heterocycles. The largest absolute Gasteiger partial charge is 0.354 e. The van der Waals surface area contributed by atoms with Crippen LogP contribution in [0, 0.1) is 0 Å². The Bertz CT molecular complexity index is 468. The predicted octanol–water partition coefficient (Wildman–Crippen LogP) is 2.63. The fourth-order valence-corrected chi connectivity index (χ4v) is 2.82. The van der Waals surface area contributed by atoms with Crippen LogP contribution in [0.1, 0.15) is 30.7 Å². The molecule has 2 fully saturated rings. The van der Waals surface area contributed by atoms with Crippen molar-refractivity contribution in [2.45, 2.75) is 37.3 Å². The van der Waals surface area contributed by atoms with Crippen LogP contribution >= 0.6 is 15.9 Å². The lowest BCUT2D eigenvalue weighted by atomic mass is 10.1. The molecule has 1 aromatic carbocycles. The maximum Gasteiger partial charge on any atom is 0.191 e. The molecule has 2 aliphatic carbocycles. The number of aliphatic imine (C=N–C) groups is 1. The molecule has 3 rings (SSSR count). The Kier molecular flexibility index (Phi) is 3.29. The Hall–Kier alpha value is -1.03. The fourth-order valence-electron chi connectivity index (χ4n) is 2.24. The lowest BCUT2D eigenvalue weighted by Gasteiger charge is -2.11. The summed E-state index contributed by atoms with van der Waals surface area (Å²) in [6, 6.07) is 9.65. The molecule has 0 amide bonds. The van der Waals surface area contributed by atoms with Gasteiger partial charge in [-0.15, -0.1) is 0 Å². The number of nitrogens with one attached hydrogen (secondary N) is 2. The van der Waals surface area contributed by atoms with E-state index in [9.17, 15) is 0 Å². The first-order chi connectivity index (χ1) is 8.78. The average molecular weight is 308 g/mol. The molecule has 0 aliphatic heterocycles. The predicted molar refractivity (Wildman–Crippen MR) is 77.9 cm³/mol. The second-order valence-corrected chi connectivity index (χ2v) is 5.96. The molecular formula is C14H18BrN3. The quantitative estimate of drug-likeness (QED) is 0.665. The van der Waals surface area contributed by atoms with Crippen LogP contribution in [0.5, 0.6) is 0 Å². The number of rotatable bonds is 3. The molecule has 0 unspecified atom stereocenters. The SMILES string of the molecule is CN=C(NC1CC1)N[C@@H]1C[C@H]1c1ccccc1Br. The molecule has 0 bridgehead atoms. The summed E-state index contributed by atoms with van der Waals surface area (Å²) in [5.74, 6) is 1.57. The van der Waals surface area contributed by atoms with E-state index < -0.39 is 0 Å². The highest BCUT2D eigenvalue weighted by Crippen LogP contribution is 2.43. The van der Waals surface area contributed by atoms with Crippen molar-refractivity contribution < 1.29 is 0 Å². The smallest absolute Gasteiger partial charge is 0.191 e. The van der Waals surface area contributed by atoms with Crippen molar-refractivity contribution in [1.29, 1.82) is 0 Å². The molecule has 0 heterocycles. The van der Waals surface area contributed by atoms with Gasteiger partial charge in [0.25, 0.3) is 0 Å². The van der Waals surface area contributed by atoms with Crippen LogP contribution in [0.15, 0.2) is 33.7 Å². The van der Waals surface area contributed by atoms with Gasteiger partial charge in [-0.1, -0.05) is 34.1 Å². The summed E-state index contributed by atoms with van der Waals surface area (Å²) in [6.45, 7) is 0. The first-order valence-corrected chi connectivity index (χ1v) is 7.31. The summed E-state index contributed by atoms with van der Waals surface area (Å²) in [6.07, 6.45) is 3.74. The van der Waals surface area contributed by atoms with Gasteiger partial charge in [-0.2, -0.15) is 0 Å². The Morgan fingerprint density at radius 1 is 1.28 bits per heavy atom.